The van der Waals surface area contributed by atoms with Crippen molar-refractivity contribution in [1.82, 2.24) is 0 Å². The van der Waals surface area contributed by atoms with Crippen LogP contribution in [0.15, 0.2) is 23.3 Å². The monoisotopic (exact) mass is 426 g/mol. The number of aliphatic hydroxyl groups is 3. The van der Waals surface area contributed by atoms with Gasteiger partial charge in [-0.25, -0.2) is 0 Å². The first-order chi connectivity index (χ1) is 14.3. The lowest BCUT2D eigenvalue weighted by Crippen LogP contribution is -2.58. The minimum atomic E-state index is -1.48. The normalized spacial score (nSPS) is 43.6. The van der Waals surface area contributed by atoms with Crippen molar-refractivity contribution in [2.75, 3.05) is 13.7 Å². The summed E-state index contributed by atoms with van der Waals surface area (Å²) in [6, 6.07) is 0. The van der Waals surface area contributed by atoms with Gasteiger partial charge in [0, 0.05) is 13.0 Å². The Balaban J connectivity index is 1.73. The molecule has 30 heavy (non-hydrogen) atoms. The molecule has 0 aromatic rings. The molecule has 9 heteroatoms. The zero-order valence-electron chi connectivity index (χ0n) is 17.2. The number of aldehydes is 1. The van der Waals surface area contributed by atoms with Gasteiger partial charge < -0.3 is 34.3 Å². The molecule has 168 valence electrons. The topological polar surface area (TPSA) is 132 Å². The average molecular weight is 426 g/mol. The molecule has 0 amide bonds. The molecule has 0 aromatic carbocycles. The van der Waals surface area contributed by atoms with Crippen molar-refractivity contribution in [3.05, 3.63) is 23.3 Å². The van der Waals surface area contributed by atoms with Crippen molar-refractivity contribution in [2.24, 2.45) is 11.8 Å². The molecule has 0 saturated carbocycles. The third-order valence-corrected chi connectivity index (χ3v) is 6.07. The van der Waals surface area contributed by atoms with Crippen LogP contribution in [0, 0.1) is 11.8 Å². The molecule has 3 aliphatic rings. The van der Waals surface area contributed by atoms with E-state index in [1.54, 1.807) is 0 Å². The van der Waals surface area contributed by atoms with Crippen LogP contribution in [0.2, 0.25) is 0 Å². The number of fused-ring (bicyclic) bond motifs is 1. The highest BCUT2D eigenvalue weighted by Crippen LogP contribution is 2.35. The maximum absolute atomic E-state index is 12.1. The van der Waals surface area contributed by atoms with E-state index in [9.17, 15) is 24.9 Å². The van der Waals surface area contributed by atoms with Crippen LogP contribution in [-0.2, 0) is 28.5 Å². The summed E-state index contributed by atoms with van der Waals surface area (Å²) < 4.78 is 21.6. The van der Waals surface area contributed by atoms with Crippen LogP contribution in [-0.4, -0.2) is 78.3 Å². The third-order valence-electron chi connectivity index (χ3n) is 6.07. The average Bonchev–Trinajstić information content (AvgIpc) is 3.01. The summed E-state index contributed by atoms with van der Waals surface area (Å²) in [6.07, 6.45) is -0.0254. The summed E-state index contributed by atoms with van der Waals surface area (Å²) in [5.41, 5.74) is 1.52. The van der Waals surface area contributed by atoms with E-state index in [-0.39, 0.29) is 24.4 Å². The molecule has 0 bridgehead atoms. The van der Waals surface area contributed by atoms with Gasteiger partial charge in [0.2, 0.25) is 0 Å². The quantitative estimate of drug-likeness (QED) is 0.321. The zero-order valence-corrected chi connectivity index (χ0v) is 17.2. The van der Waals surface area contributed by atoms with E-state index in [0.29, 0.717) is 31.3 Å². The number of ether oxygens (including phenoxy) is 4. The molecule has 3 N–H and O–H groups in total. The number of esters is 1. The number of aliphatic hydroxyl groups excluding tert-OH is 3. The Kier molecular flexibility index (Phi) is 7.78. The number of carbonyl (C=O) groups excluding carboxylic acids is 2. The van der Waals surface area contributed by atoms with Crippen molar-refractivity contribution in [3.8, 4) is 0 Å². The van der Waals surface area contributed by atoms with Crippen molar-refractivity contribution in [1.29, 1.82) is 0 Å². The van der Waals surface area contributed by atoms with Crippen LogP contribution < -0.4 is 0 Å². The number of allylic oxidation sites excluding steroid dienone is 2. The van der Waals surface area contributed by atoms with E-state index in [1.165, 1.54) is 7.11 Å². The molecule has 2 aliphatic heterocycles. The van der Waals surface area contributed by atoms with Crippen LogP contribution in [0.3, 0.4) is 0 Å². The summed E-state index contributed by atoms with van der Waals surface area (Å²) in [5, 5.41) is 30.0. The fourth-order valence-electron chi connectivity index (χ4n) is 4.12. The van der Waals surface area contributed by atoms with E-state index in [2.05, 4.69) is 0 Å². The summed E-state index contributed by atoms with van der Waals surface area (Å²) in [5.74, 6) is -0.563. The minimum Gasteiger partial charge on any atom is -0.458 e. The van der Waals surface area contributed by atoms with Gasteiger partial charge in [0.15, 0.2) is 12.6 Å². The SMILES string of the molecule is CO[C@@H]1O[C@H](OC/C2=C\[C@H]3OC(=O)[C@@H](C)[C@@H]3CC/C(C=O)=C\CC2)[C@@H](O)[C@H](O)[C@H]1O. The van der Waals surface area contributed by atoms with Crippen LogP contribution in [0.4, 0.5) is 0 Å². The second kappa shape index (κ2) is 10.1. The summed E-state index contributed by atoms with van der Waals surface area (Å²) in [6.45, 7) is 1.89. The Morgan fingerprint density at radius 1 is 1.17 bits per heavy atom. The second-order valence-electron chi connectivity index (χ2n) is 8.04. The highest BCUT2D eigenvalue weighted by Gasteiger charge is 2.45. The van der Waals surface area contributed by atoms with Crippen molar-refractivity contribution in [3.63, 3.8) is 0 Å². The van der Waals surface area contributed by atoms with Gasteiger partial charge >= 0.3 is 5.97 Å². The first-order valence-corrected chi connectivity index (χ1v) is 10.2. The lowest BCUT2D eigenvalue weighted by atomic mass is 9.84. The Morgan fingerprint density at radius 2 is 1.90 bits per heavy atom. The van der Waals surface area contributed by atoms with Crippen molar-refractivity contribution >= 4 is 12.3 Å². The first kappa shape index (κ1) is 23.1. The fraction of sp³-hybridized carbons (Fsp3) is 0.714. The fourth-order valence-corrected chi connectivity index (χ4v) is 4.12. The van der Waals surface area contributed by atoms with Crippen LogP contribution >= 0.6 is 0 Å². The molecule has 0 unspecified atom stereocenters. The number of rotatable bonds is 5. The zero-order chi connectivity index (χ0) is 21.8. The number of methoxy groups -OCH3 is 1. The second-order valence-corrected chi connectivity index (χ2v) is 8.04. The molecule has 2 heterocycles. The molecule has 8 atom stereocenters. The van der Waals surface area contributed by atoms with Gasteiger partial charge in [0.25, 0.3) is 0 Å². The Morgan fingerprint density at radius 3 is 2.60 bits per heavy atom. The lowest BCUT2D eigenvalue weighted by molar-refractivity contribution is -0.343. The van der Waals surface area contributed by atoms with Crippen molar-refractivity contribution < 1.29 is 43.9 Å². The van der Waals surface area contributed by atoms with Gasteiger partial charge in [-0.3, -0.25) is 9.59 Å². The van der Waals surface area contributed by atoms with E-state index in [0.717, 1.165) is 11.9 Å². The lowest BCUT2D eigenvalue weighted by Gasteiger charge is -2.39. The number of hydrogen-bond donors (Lipinski definition) is 3. The van der Waals surface area contributed by atoms with E-state index >= 15 is 0 Å². The molecule has 0 radical (unpaired) electrons. The summed E-state index contributed by atoms with van der Waals surface area (Å²) >= 11 is 0. The predicted octanol–water partition coefficient (Wildman–Crippen LogP) is 0.218. The number of hydrogen-bond acceptors (Lipinski definition) is 9. The van der Waals surface area contributed by atoms with E-state index in [4.69, 9.17) is 18.9 Å². The number of carbonyl (C=O) groups is 2. The minimum absolute atomic E-state index is 0.0414. The van der Waals surface area contributed by atoms with E-state index < -0.39 is 37.0 Å². The van der Waals surface area contributed by atoms with Gasteiger partial charge in [-0.15, -0.1) is 0 Å². The third kappa shape index (κ3) is 4.99. The Bertz CT molecular complexity index is 686. The largest absolute Gasteiger partial charge is 0.458 e. The van der Waals surface area contributed by atoms with Crippen LogP contribution in [0.25, 0.3) is 0 Å². The van der Waals surface area contributed by atoms with Crippen molar-refractivity contribution in [2.45, 2.75) is 69.6 Å². The van der Waals surface area contributed by atoms with Gasteiger partial charge in [0.05, 0.1) is 12.5 Å². The van der Waals surface area contributed by atoms with Crippen LogP contribution in [0.5, 0.6) is 0 Å². The molecule has 0 aromatic heterocycles. The summed E-state index contributed by atoms with van der Waals surface area (Å²) in [4.78, 5) is 23.4. The smallest absolute Gasteiger partial charge is 0.309 e. The molecular weight excluding hydrogens is 396 g/mol. The highest BCUT2D eigenvalue weighted by molar-refractivity contribution is 5.75. The molecule has 3 rings (SSSR count). The highest BCUT2D eigenvalue weighted by atomic mass is 16.8. The maximum atomic E-state index is 12.1. The van der Waals surface area contributed by atoms with Gasteiger partial charge in [-0.2, -0.15) is 0 Å². The Labute approximate surface area is 175 Å². The van der Waals surface area contributed by atoms with E-state index in [1.807, 2.05) is 19.1 Å². The molecule has 0 spiro atoms. The molecular formula is C21H30O9. The van der Waals surface area contributed by atoms with Gasteiger partial charge in [-0.05, 0) is 42.9 Å². The first-order valence-electron chi connectivity index (χ1n) is 10.2. The molecule has 9 nitrogen and oxygen atoms in total. The van der Waals surface area contributed by atoms with Gasteiger partial charge in [0.1, 0.15) is 30.7 Å². The molecule has 1 aliphatic carbocycles. The Hall–Kier alpha value is -1.62. The maximum Gasteiger partial charge on any atom is 0.309 e. The van der Waals surface area contributed by atoms with Gasteiger partial charge in [-0.1, -0.05) is 13.0 Å². The molecule has 2 fully saturated rings. The predicted molar refractivity (Wildman–Crippen MR) is 103 cm³/mol. The summed E-state index contributed by atoms with van der Waals surface area (Å²) in [7, 11) is 1.31. The van der Waals surface area contributed by atoms with Crippen LogP contribution in [0.1, 0.15) is 32.6 Å². The standard InChI is InChI=1S/C21H30O9/c1-11-14-7-6-12(9-22)4-3-5-13(8-15(14)29-19(11)26)10-28-21-18(25)16(23)17(24)20(27-2)30-21/h4,8-9,11,14-18,20-21,23-25H,3,5-7,10H2,1-2H3/b12-4+,13-8-/t11-,14-,15+,16+,17+,18-,20+,21-/m0/s1. The molecule has 2 saturated heterocycles.